The van der Waals surface area contributed by atoms with Crippen molar-refractivity contribution in [1.29, 1.82) is 0 Å². The molecule has 0 aromatic heterocycles. The molecule has 0 aliphatic carbocycles. The molecular formula is C16H27N3O. The molecule has 4 heteroatoms. The summed E-state index contributed by atoms with van der Waals surface area (Å²) in [5, 5.41) is 0. The Morgan fingerprint density at radius 3 is 2.25 bits per heavy atom. The van der Waals surface area contributed by atoms with E-state index in [1.165, 1.54) is 0 Å². The Bertz CT molecular complexity index is 429. The van der Waals surface area contributed by atoms with Gasteiger partial charge < -0.3 is 10.6 Å². The van der Waals surface area contributed by atoms with Crippen LogP contribution in [0.3, 0.4) is 0 Å². The molecule has 1 aromatic carbocycles. The number of nitrogens with two attached hydrogens (primary N) is 1. The van der Waals surface area contributed by atoms with Crippen LogP contribution in [0.5, 0.6) is 0 Å². The van der Waals surface area contributed by atoms with Crippen LogP contribution in [-0.4, -0.2) is 41.4 Å². The first-order valence-corrected chi connectivity index (χ1v) is 7.41. The third-order valence-electron chi connectivity index (χ3n) is 3.81. The van der Waals surface area contributed by atoms with Gasteiger partial charge in [0.25, 0.3) is 0 Å². The molecule has 1 rings (SSSR count). The van der Waals surface area contributed by atoms with Crippen molar-refractivity contribution in [3.63, 3.8) is 0 Å². The number of anilines is 1. The van der Waals surface area contributed by atoms with Crippen LogP contribution in [0.1, 0.15) is 33.3 Å². The number of rotatable bonds is 7. The lowest BCUT2D eigenvalue weighted by molar-refractivity contribution is -0.136. The average molecular weight is 277 g/mol. The van der Waals surface area contributed by atoms with Crippen LogP contribution in [0.4, 0.5) is 5.69 Å². The molecule has 0 spiro atoms. The summed E-state index contributed by atoms with van der Waals surface area (Å²) in [5.74, 6) is 0.186. The van der Waals surface area contributed by atoms with Crippen molar-refractivity contribution < 1.29 is 4.79 Å². The highest BCUT2D eigenvalue weighted by atomic mass is 16.2. The zero-order valence-corrected chi connectivity index (χ0v) is 13.1. The Labute approximate surface area is 122 Å². The lowest BCUT2D eigenvalue weighted by atomic mass is 10.1. The Morgan fingerprint density at radius 2 is 1.75 bits per heavy atom. The van der Waals surface area contributed by atoms with E-state index in [-0.39, 0.29) is 11.9 Å². The quantitative estimate of drug-likeness (QED) is 0.778. The molecule has 2 N–H and O–H groups in total. The molecule has 0 radical (unpaired) electrons. The molecule has 1 unspecified atom stereocenters. The molecule has 1 amide bonds. The minimum atomic E-state index is -0.125. The number of carbonyl (C=O) groups excluding carboxylic acids is 1. The smallest absolute Gasteiger partial charge is 0.239 e. The van der Waals surface area contributed by atoms with E-state index in [0.717, 1.165) is 30.9 Å². The van der Waals surface area contributed by atoms with Gasteiger partial charge in [-0.1, -0.05) is 25.1 Å². The fourth-order valence-electron chi connectivity index (χ4n) is 2.38. The van der Waals surface area contributed by atoms with Gasteiger partial charge in [0.1, 0.15) is 0 Å². The molecule has 0 saturated heterocycles. The van der Waals surface area contributed by atoms with E-state index in [4.69, 9.17) is 5.73 Å². The number of benzene rings is 1. The first kappa shape index (κ1) is 16.5. The number of amides is 1. The predicted molar refractivity (Wildman–Crippen MR) is 84.3 cm³/mol. The molecule has 4 nitrogen and oxygen atoms in total. The zero-order valence-electron chi connectivity index (χ0n) is 13.1. The molecule has 20 heavy (non-hydrogen) atoms. The van der Waals surface area contributed by atoms with E-state index in [1.54, 1.807) is 0 Å². The Morgan fingerprint density at radius 1 is 1.15 bits per heavy atom. The SMILES string of the molecule is CCN(CC)C(=O)C(C)N(CC)Cc1ccccc1N. The molecule has 1 aromatic rings. The van der Waals surface area contributed by atoms with Gasteiger partial charge in [0, 0.05) is 25.3 Å². The number of hydrogen-bond donors (Lipinski definition) is 1. The number of para-hydroxylation sites is 1. The second-order valence-electron chi connectivity index (χ2n) is 4.95. The summed E-state index contributed by atoms with van der Waals surface area (Å²) in [6, 6.07) is 7.71. The van der Waals surface area contributed by atoms with Gasteiger partial charge in [0.2, 0.25) is 5.91 Å². The van der Waals surface area contributed by atoms with Crippen molar-refractivity contribution in [2.45, 2.75) is 40.3 Å². The molecule has 0 bridgehead atoms. The van der Waals surface area contributed by atoms with Crippen molar-refractivity contribution in [3.8, 4) is 0 Å². The van der Waals surface area contributed by atoms with Crippen LogP contribution in [0.2, 0.25) is 0 Å². The van der Waals surface area contributed by atoms with Gasteiger partial charge in [0.05, 0.1) is 6.04 Å². The van der Waals surface area contributed by atoms with E-state index in [2.05, 4.69) is 11.8 Å². The van der Waals surface area contributed by atoms with Crippen molar-refractivity contribution in [1.82, 2.24) is 9.80 Å². The van der Waals surface area contributed by atoms with Crippen LogP contribution >= 0.6 is 0 Å². The average Bonchev–Trinajstić information content (AvgIpc) is 2.47. The number of hydrogen-bond acceptors (Lipinski definition) is 3. The van der Waals surface area contributed by atoms with Crippen LogP contribution < -0.4 is 5.73 Å². The molecule has 0 saturated carbocycles. The second-order valence-corrected chi connectivity index (χ2v) is 4.95. The van der Waals surface area contributed by atoms with Crippen molar-refractivity contribution in [3.05, 3.63) is 29.8 Å². The van der Waals surface area contributed by atoms with Crippen molar-refractivity contribution >= 4 is 11.6 Å². The summed E-state index contributed by atoms with van der Waals surface area (Å²) in [4.78, 5) is 16.5. The highest BCUT2D eigenvalue weighted by Crippen LogP contribution is 2.16. The topological polar surface area (TPSA) is 49.6 Å². The summed E-state index contributed by atoms with van der Waals surface area (Å²) >= 11 is 0. The van der Waals surface area contributed by atoms with Crippen LogP contribution in [-0.2, 0) is 11.3 Å². The number of nitrogen functional groups attached to an aromatic ring is 1. The Balaban J connectivity index is 2.80. The number of carbonyl (C=O) groups is 1. The molecule has 0 heterocycles. The summed E-state index contributed by atoms with van der Waals surface area (Å²) in [5.41, 5.74) is 7.85. The van der Waals surface area contributed by atoms with Gasteiger partial charge in [0.15, 0.2) is 0 Å². The van der Waals surface area contributed by atoms with Gasteiger partial charge in [-0.2, -0.15) is 0 Å². The van der Waals surface area contributed by atoms with Crippen molar-refractivity contribution in [2.75, 3.05) is 25.4 Å². The van der Waals surface area contributed by atoms with E-state index in [9.17, 15) is 4.79 Å². The Kier molecular flexibility index (Phi) is 6.52. The summed E-state index contributed by atoms with van der Waals surface area (Å²) in [6.07, 6.45) is 0. The van der Waals surface area contributed by atoms with Crippen LogP contribution in [0.25, 0.3) is 0 Å². The molecule has 0 aliphatic heterocycles. The highest BCUT2D eigenvalue weighted by Gasteiger charge is 2.23. The summed E-state index contributed by atoms with van der Waals surface area (Å²) in [7, 11) is 0. The van der Waals surface area contributed by atoms with Gasteiger partial charge in [-0.05, 0) is 38.9 Å². The number of likely N-dealkylation sites (N-methyl/N-ethyl adjacent to an activating group) is 2. The maximum absolute atomic E-state index is 12.4. The van der Waals surface area contributed by atoms with E-state index >= 15 is 0 Å². The normalized spacial score (nSPS) is 12.4. The zero-order chi connectivity index (χ0) is 15.1. The standard InChI is InChI=1S/C16H27N3O/c1-5-18(6-2)16(20)13(4)19(7-3)12-14-10-8-9-11-15(14)17/h8-11,13H,5-7,12,17H2,1-4H3. The molecule has 0 aliphatic rings. The van der Waals surface area contributed by atoms with E-state index < -0.39 is 0 Å². The number of nitrogens with zero attached hydrogens (tertiary/aromatic N) is 2. The fourth-order valence-corrected chi connectivity index (χ4v) is 2.38. The molecule has 112 valence electrons. The van der Waals surface area contributed by atoms with Crippen LogP contribution in [0, 0.1) is 0 Å². The van der Waals surface area contributed by atoms with Crippen molar-refractivity contribution in [2.24, 2.45) is 0 Å². The van der Waals surface area contributed by atoms with E-state index in [1.807, 2.05) is 49.9 Å². The summed E-state index contributed by atoms with van der Waals surface area (Å²) in [6.45, 7) is 11.1. The third-order valence-corrected chi connectivity index (χ3v) is 3.81. The van der Waals surface area contributed by atoms with Gasteiger partial charge in [-0.3, -0.25) is 9.69 Å². The Hall–Kier alpha value is -1.55. The largest absolute Gasteiger partial charge is 0.398 e. The highest BCUT2D eigenvalue weighted by molar-refractivity contribution is 5.81. The monoisotopic (exact) mass is 277 g/mol. The first-order chi connectivity index (χ1) is 9.54. The third kappa shape index (κ3) is 3.97. The molecule has 0 fully saturated rings. The molecular weight excluding hydrogens is 250 g/mol. The summed E-state index contributed by atoms with van der Waals surface area (Å²) < 4.78 is 0. The first-order valence-electron chi connectivity index (χ1n) is 7.41. The maximum atomic E-state index is 12.4. The minimum Gasteiger partial charge on any atom is -0.398 e. The predicted octanol–water partition coefficient (Wildman–Crippen LogP) is 2.35. The minimum absolute atomic E-state index is 0.125. The van der Waals surface area contributed by atoms with E-state index in [0.29, 0.717) is 6.54 Å². The van der Waals surface area contributed by atoms with Crippen LogP contribution in [0.15, 0.2) is 24.3 Å². The lowest BCUT2D eigenvalue weighted by Gasteiger charge is -2.31. The fraction of sp³-hybridized carbons (Fsp3) is 0.562. The second kappa shape index (κ2) is 7.90. The van der Waals surface area contributed by atoms with Gasteiger partial charge in [-0.15, -0.1) is 0 Å². The van der Waals surface area contributed by atoms with Gasteiger partial charge in [-0.25, -0.2) is 0 Å². The van der Waals surface area contributed by atoms with Gasteiger partial charge >= 0.3 is 0 Å². The lowest BCUT2D eigenvalue weighted by Crippen LogP contribution is -2.46. The molecule has 1 atom stereocenters. The maximum Gasteiger partial charge on any atom is 0.239 e.